The van der Waals surface area contributed by atoms with E-state index >= 15 is 0 Å². The fourth-order valence-electron chi connectivity index (χ4n) is 2.03. The van der Waals surface area contributed by atoms with Crippen molar-refractivity contribution in [2.24, 2.45) is 12.8 Å². The van der Waals surface area contributed by atoms with Crippen molar-refractivity contribution in [3.8, 4) is 0 Å². The van der Waals surface area contributed by atoms with Crippen LogP contribution < -0.4 is 5.73 Å². The van der Waals surface area contributed by atoms with E-state index in [1.807, 2.05) is 31.6 Å². The summed E-state index contributed by atoms with van der Waals surface area (Å²) in [5.74, 6) is 0.866. The van der Waals surface area contributed by atoms with Crippen LogP contribution in [0.3, 0.4) is 0 Å². The van der Waals surface area contributed by atoms with Crippen LogP contribution in [0.15, 0.2) is 16.7 Å². The topological polar surface area (TPSA) is 57.0 Å². The first kappa shape index (κ1) is 13.2. The van der Waals surface area contributed by atoms with E-state index in [4.69, 9.17) is 21.8 Å². The van der Waals surface area contributed by atoms with E-state index in [2.05, 4.69) is 5.10 Å². The van der Waals surface area contributed by atoms with Gasteiger partial charge in [-0.3, -0.25) is 4.68 Å². The normalized spacial score (nSPS) is 12.9. The van der Waals surface area contributed by atoms with Gasteiger partial charge in [-0.2, -0.15) is 5.10 Å². The monoisotopic (exact) mass is 267 g/mol. The predicted molar refractivity (Wildman–Crippen MR) is 71.7 cm³/mol. The van der Waals surface area contributed by atoms with Gasteiger partial charge in [-0.15, -0.1) is 0 Å². The summed E-state index contributed by atoms with van der Waals surface area (Å²) in [5.41, 5.74) is 9.05. The number of aromatic nitrogens is 2. The number of halogens is 1. The Morgan fingerprint density at radius 3 is 2.78 bits per heavy atom. The van der Waals surface area contributed by atoms with Gasteiger partial charge in [0.05, 0.1) is 22.7 Å². The maximum atomic E-state index is 6.30. The molecule has 2 aromatic heterocycles. The Labute approximate surface area is 112 Å². The van der Waals surface area contributed by atoms with E-state index in [0.717, 1.165) is 34.2 Å². The second-order valence-corrected chi connectivity index (χ2v) is 4.86. The summed E-state index contributed by atoms with van der Waals surface area (Å²) >= 11 is 6.30. The van der Waals surface area contributed by atoms with Gasteiger partial charge in [0.15, 0.2) is 0 Å². The fraction of sp³-hybridized carbons (Fsp3) is 0.462. The highest BCUT2D eigenvalue weighted by Crippen LogP contribution is 2.25. The number of nitrogens with zero attached hydrogens (tertiary/aromatic N) is 2. The Morgan fingerprint density at radius 1 is 1.56 bits per heavy atom. The molecule has 0 amide bonds. The molecule has 0 aliphatic heterocycles. The average Bonchev–Trinajstić information content (AvgIpc) is 2.87. The van der Waals surface area contributed by atoms with Gasteiger partial charge in [0, 0.05) is 25.1 Å². The molecule has 0 aromatic carbocycles. The van der Waals surface area contributed by atoms with Crippen molar-refractivity contribution in [2.75, 3.05) is 0 Å². The minimum Gasteiger partial charge on any atom is -0.469 e. The molecule has 0 bridgehead atoms. The van der Waals surface area contributed by atoms with Gasteiger partial charge in [0.1, 0.15) is 5.76 Å². The number of hydrogen-bond acceptors (Lipinski definition) is 3. The first-order valence-electron chi connectivity index (χ1n) is 6.03. The van der Waals surface area contributed by atoms with Crippen LogP contribution in [0.2, 0.25) is 5.02 Å². The zero-order valence-electron chi connectivity index (χ0n) is 10.9. The molecule has 2 heterocycles. The highest BCUT2D eigenvalue weighted by Gasteiger charge is 2.17. The number of hydrogen-bond donors (Lipinski definition) is 1. The SMILES string of the molecule is CCc1nn(C)c(CC(N)c2coc(C)c2)c1Cl. The second kappa shape index (κ2) is 5.16. The third-order valence-electron chi connectivity index (χ3n) is 3.10. The minimum atomic E-state index is -0.125. The lowest BCUT2D eigenvalue weighted by Gasteiger charge is -2.09. The lowest BCUT2D eigenvalue weighted by atomic mass is 10.1. The first-order valence-corrected chi connectivity index (χ1v) is 6.41. The van der Waals surface area contributed by atoms with Crippen LogP contribution in [0, 0.1) is 6.92 Å². The third-order valence-corrected chi connectivity index (χ3v) is 3.53. The lowest BCUT2D eigenvalue weighted by molar-refractivity contribution is 0.527. The molecule has 0 aliphatic rings. The van der Waals surface area contributed by atoms with E-state index in [1.54, 1.807) is 6.26 Å². The molecule has 0 spiro atoms. The average molecular weight is 268 g/mol. The van der Waals surface area contributed by atoms with Crippen molar-refractivity contribution < 1.29 is 4.42 Å². The van der Waals surface area contributed by atoms with Crippen molar-refractivity contribution in [3.05, 3.63) is 40.1 Å². The molecule has 2 aromatic rings. The van der Waals surface area contributed by atoms with Gasteiger partial charge in [0.2, 0.25) is 0 Å². The molecule has 1 atom stereocenters. The highest BCUT2D eigenvalue weighted by atomic mass is 35.5. The molecule has 2 rings (SSSR count). The molecule has 0 fully saturated rings. The number of aryl methyl sites for hydroxylation is 3. The molecule has 0 aliphatic carbocycles. The Bertz CT molecular complexity index is 544. The summed E-state index contributed by atoms with van der Waals surface area (Å²) in [7, 11) is 1.90. The summed E-state index contributed by atoms with van der Waals surface area (Å²) in [4.78, 5) is 0. The Kier molecular flexibility index (Phi) is 3.78. The molecular formula is C13H18ClN3O. The molecule has 2 N–H and O–H groups in total. The Hall–Kier alpha value is -1.26. The van der Waals surface area contributed by atoms with Crippen LogP contribution in [-0.4, -0.2) is 9.78 Å². The molecule has 0 saturated carbocycles. The second-order valence-electron chi connectivity index (χ2n) is 4.49. The van der Waals surface area contributed by atoms with Gasteiger partial charge in [0.25, 0.3) is 0 Å². The van der Waals surface area contributed by atoms with Gasteiger partial charge >= 0.3 is 0 Å². The molecule has 0 saturated heterocycles. The largest absolute Gasteiger partial charge is 0.469 e. The molecule has 4 nitrogen and oxygen atoms in total. The van der Waals surface area contributed by atoms with Crippen LogP contribution in [0.25, 0.3) is 0 Å². The third kappa shape index (κ3) is 2.44. The van der Waals surface area contributed by atoms with E-state index in [1.165, 1.54) is 0 Å². The zero-order valence-corrected chi connectivity index (χ0v) is 11.7. The molecule has 98 valence electrons. The summed E-state index contributed by atoms with van der Waals surface area (Å²) < 4.78 is 7.09. The van der Waals surface area contributed by atoms with Crippen LogP contribution in [0.4, 0.5) is 0 Å². The van der Waals surface area contributed by atoms with Crippen LogP contribution in [0.1, 0.15) is 35.7 Å². The standard InChI is InChI=1S/C13H18ClN3O/c1-4-11-13(14)12(17(3)16-11)6-10(15)9-5-8(2)18-7-9/h5,7,10H,4,6,15H2,1-3H3. The van der Waals surface area contributed by atoms with Crippen LogP contribution >= 0.6 is 11.6 Å². The first-order chi connectivity index (χ1) is 8.52. The molecule has 1 unspecified atom stereocenters. The number of rotatable bonds is 4. The van der Waals surface area contributed by atoms with E-state index in [0.29, 0.717) is 6.42 Å². The number of furan rings is 1. The molecule has 5 heteroatoms. The van der Waals surface area contributed by atoms with Crippen molar-refractivity contribution >= 4 is 11.6 Å². The van der Waals surface area contributed by atoms with Crippen LogP contribution in [0.5, 0.6) is 0 Å². The smallest absolute Gasteiger partial charge is 0.101 e. The lowest BCUT2D eigenvalue weighted by Crippen LogP contribution is -2.15. The maximum absolute atomic E-state index is 6.30. The van der Waals surface area contributed by atoms with Gasteiger partial charge in [-0.05, 0) is 19.4 Å². The molecule has 0 radical (unpaired) electrons. The predicted octanol–water partition coefficient (Wildman–Crippen LogP) is 2.78. The van der Waals surface area contributed by atoms with Crippen molar-refractivity contribution in [1.82, 2.24) is 9.78 Å². The fourth-order valence-corrected chi connectivity index (χ4v) is 2.40. The van der Waals surface area contributed by atoms with Gasteiger partial charge < -0.3 is 10.2 Å². The van der Waals surface area contributed by atoms with E-state index in [-0.39, 0.29) is 6.04 Å². The van der Waals surface area contributed by atoms with Crippen molar-refractivity contribution in [2.45, 2.75) is 32.7 Å². The molecule has 18 heavy (non-hydrogen) atoms. The van der Waals surface area contributed by atoms with E-state index in [9.17, 15) is 0 Å². The van der Waals surface area contributed by atoms with Crippen LogP contribution in [-0.2, 0) is 19.9 Å². The summed E-state index contributed by atoms with van der Waals surface area (Å²) in [5, 5.41) is 5.12. The summed E-state index contributed by atoms with van der Waals surface area (Å²) in [6.07, 6.45) is 3.18. The highest BCUT2D eigenvalue weighted by molar-refractivity contribution is 6.31. The summed E-state index contributed by atoms with van der Waals surface area (Å²) in [6.45, 7) is 3.94. The number of nitrogens with two attached hydrogens (primary N) is 1. The minimum absolute atomic E-state index is 0.125. The Morgan fingerprint density at radius 2 is 2.28 bits per heavy atom. The quantitative estimate of drug-likeness (QED) is 0.927. The Balaban J connectivity index is 2.21. The maximum Gasteiger partial charge on any atom is 0.101 e. The summed E-state index contributed by atoms with van der Waals surface area (Å²) in [6, 6.07) is 1.83. The molecular weight excluding hydrogens is 250 g/mol. The van der Waals surface area contributed by atoms with Gasteiger partial charge in [-0.25, -0.2) is 0 Å². The van der Waals surface area contributed by atoms with Gasteiger partial charge in [-0.1, -0.05) is 18.5 Å². The van der Waals surface area contributed by atoms with E-state index < -0.39 is 0 Å². The zero-order chi connectivity index (χ0) is 13.3. The van der Waals surface area contributed by atoms with Crippen molar-refractivity contribution in [1.29, 1.82) is 0 Å². The van der Waals surface area contributed by atoms with Crippen molar-refractivity contribution in [3.63, 3.8) is 0 Å².